The van der Waals surface area contributed by atoms with Crippen molar-refractivity contribution in [2.24, 2.45) is 0 Å². The van der Waals surface area contributed by atoms with Crippen molar-refractivity contribution < 1.29 is 26.8 Å². The second-order valence-corrected chi connectivity index (χ2v) is 10.1. The normalized spacial score (nSPS) is 15.5. The minimum atomic E-state index is -4.29. The van der Waals surface area contributed by atoms with Crippen molar-refractivity contribution in [3.63, 3.8) is 0 Å². The Balaban J connectivity index is 1.44. The van der Waals surface area contributed by atoms with Crippen molar-refractivity contribution >= 4 is 21.8 Å². The molecule has 0 bridgehead atoms. The first-order valence-corrected chi connectivity index (χ1v) is 12.7. The van der Waals surface area contributed by atoms with Gasteiger partial charge < -0.3 is 14.6 Å². The van der Waals surface area contributed by atoms with Crippen LogP contribution in [0.1, 0.15) is 28.8 Å². The van der Waals surface area contributed by atoms with Crippen LogP contribution in [-0.4, -0.2) is 50.3 Å². The van der Waals surface area contributed by atoms with E-state index in [1.807, 2.05) is 6.07 Å². The lowest BCUT2D eigenvalue weighted by Crippen LogP contribution is -2.53. The molecule has 2 heterocycles. The van der Waals surface area contributed by atoms with Gasteiger partial charge in [0.15, 0.2) is 0 Å². The van der Waals surface area contributed by atoms with Crippen molar-refractivity contribution in [3.8, 4) is 0 Å². The highest BCUT2D eigenvalue weighted by molar-refractivity contribution is 7.89. The number of hydrogen-bond acceptors (Lipinski definition) is 5. The Morgan fingerprint density at radius 1 is 1.03 bits per heavy atom. The summed E-state index contributed by atoms with van der Waals surface area (Å²) in [6.45, 7) is 0.887. The van der Waals surface area contributed by atoms with Crippen LogP contribution in [0.5, 0.6) is 0 Å². The number of furan rings is 1. The van der Waals surface area contributed by atoms with Crippen LogP contribution in [0.3, 0.4) is 0 Å². The molecule has 1 saturated heterocycles. The molecule has 0 saturated carbocycles. The van der Waals surface area contributed by atoms with Crippen LogP contribution in [0.4, 0.5) is 4.39 Å². The first-order chi connectivity index (χ1) is 16.8. The summed E-state index contributed by atoms with van der Waals surface area (Å²) in [7, 11) is -4.29. The van der Waals surface area contributed by atoms with Gasteiger partial charge >= 0.3 is 0 Å². The van der Waals surface area contributed by atoms with E-state index in [-0.39, 0.29) is 18.4 Å². The number of likely N-dealkylation sites (tertiary alicyclic amines) is 1. The van der Waals surface area contributed by atoms with E-state index in [0.29, 0.717) is 31.5 Å². The van der Waals surface area contributed by atoms with E-state index in [1.54, 1.807) is 35.2 Å². The van der Waals surface area contributed by atoms with Gasteiger partial charge in [0, 0.05) is 19.1 Å². The Kier molecular flexibility index (Phi) is 7.62. The average molecular weight is 500 g/mol. The van der Waals surface area contributed by atoms with Crippen LogP contribution >= 0.6 is 0 Å². The van der Waals surface area contributed by atoms with Crippen molar-refractivity contribution in [2.75, 3.05) is 13.1 Å². The van der Waals surface area contributed by atoms with Crippen molar-refractivity contribution in [1.82, 2.24) is 14.9 Å². The molecule has 184 valence electrons. The van der Waals surface area contributed by atoms with E-state index < -0.39 is 32.7 Å². The van der Waals surface area contributed by atoms with Crippen LogP contribution in [0, 0.1) is 5.82 Å². The quantitative estimate of drug-likeness (QED) is 0.496. The third-order valence-electron chi connectivity index (χ3n) is 5.92. The summed E-state index contributed by atoms with van der Waals surface area (Å²) in [5.41, 5.74) is 1.22. The predicted octanol–water partition coefficient (Wildman–Crippen LogP) is 2.73. The highest BCUT2D eigenvalue weighted by Gasteiger charge is 2.31. The first kappa shape index (κ1) is 24.6. The molecule has 2 N–H and O–H groups in total. The number of carbonyl (C=O) groups excluding carboxylic acids is 2. The standard InChI is InChI=1S/C25H26FN3O5S/c26-21-8-4-5-9-23(21)35(32,33)28-22(16-18-6-2-1-3-7-18)24(30)27-20-10-13-29(14-11-20)25(31)19-12-15-34-17-19/h1-9,12,15,17,20,22,28H,10-11,13-14,16H2,(H,27,30)/t22-/m1/s1. The number of sulfonamides is 1. The summed E-state index contributed by atoms with van der Waals surface area (Å²) in [6, 6.07) is 14.2. The summed E-state index contributed by atoms with van der Waals surface area (Å²) in [6.07, 6.45) is 3.97. The highest BCUT2D eigenvalue weighted by atomic mass is 32.2. The van der Waals surface area contributed by atoms with Crippen LogP contribution in [0.2, 0.25) is 0 Å². The monoisotopic (exact) mass is 499 g/mol. The lowest BCUT2D eigenvalue weighted by Gasteiger charge is -2.33. The molecule has 0 spiro atoms. The zero-order valence-electron chi connectivity index (χ0n) is 18.9. The molecule has 2 amide bonds. The number of halogens is 1. The summed E-state index contributed by atoms with van der Waals surface area (Å²) >= 11 is 0. The fourth-order valence-electron chi connectivity index (χ4n) is 4.05. The van der Waals surface area contributed by atoms with Gasteiger partial charge in [-0.3, -0.25) is 9.59 Å². The van der Waals surface area contributed by atoms with E-state index in [2.05, 4.69) is 10.0 Å². The summed E-state index contributed by atoms with van der Waals surface area (Å²) < 4.78 is 47.3. The third kappa shape index (κ3) is 6.14. The van der Waals surface area contributed by atoms with E-state index in [4.69, 9.17) is 4.42 Å². The molecule has 3 aromatic rings. The van der Waals surface area contributed by atoms with Crippen LogP contribution < -0.4 is 10.0 Å². The molecule has 0 radical (unpaired) electrons. The smallest absolute Gasteiger partial charge is 0.257 e. The zero-order valence-corrected chi connectivity index (χ0v) is 19.7. The molecule has 1 aliphatic rings. The van der Waals surface area contributed by atoms with Gasteiger partial charge in [-0.05, 0) is 43.0 Å². The Bertz CT molecular complexity index is 1260. The number of carbonyl (C=O) groups is 2. The molecule has 1 fully saturated rings. The summed E-state index contributed by atoms with van der Waals surface area (Å²) in [5.74, 6) is -1.54. The van der Waals surface area contributed by atoms with Gasteiger partial charge in [-0.15, -0.1) is 0 Å². The Hall–Kier alpha value is -3.50. The van der Waals surface area contributed by atoms with Gasteiger partial charge in [-0.25, -0.2) is 12.8 Å². The Morgan fingerprint density at radius 3 is 2.37 bits per heavy atom. The number of amides is 2. The second-order valence-electron chi connectivity index (χ2n) is 8.38. The van der Waals surface area contributed by atoms with E-state index in [1.165, 1.54) is 24.7 Å². The van der Waals surface area contributed by atoms with Gasteiger partial charge in [0.1, 0.15) is 23.0 Å². The van der Waals surface area contributed by atoms with E-state index in [9.17, 15) is 22.4 Å². The minimum absolute atomic E-state index is 0.0954. The molecule has 2 aromatic carbocycles. The van der Waals surface area contributed by atoms with E-state index >= 15 is 0 Å². The maximum absolute atomic E-state index is 14.2. The Morgan fingerprint density at radius 2 is 1.71 bits per heavy atom. The number of rotatable bonds is 8. The molecule has 10 heteroatoms. The predicted molar refractivity (Wildman–Crippen MR) is 126 cm³/mol. The number of hydrogen-bond donors (Lipinski definition) is 2. The molecule has 1 atom stereocenters. The maximum Gasteiger partial charge on any atom is 0.257 e. The van der Waals surface area contributed by atoms with Crippen LogP contribution in [0.15, 0.2) is 82.5 Å². The van der Waals surface area contributed by atoms with Crippen LogP contribution in [-0.2, 0) is 21.2 Å². The molecular formula is C25H26FN3O5S. The molecular weight excluding hydrogens is 473 g/mol. The number of benzene rings is 2. The molecule has 0 aliphatic carbocycles. The topological polar surface area (TPSA) is 109 Å². The average Bonchev–Trinajstić information content (AvgIpc) is 3.39. The fourth-order valence-corrected chi connectivity index (χ4v) is 5.32. The van der Waals surface area contributed by atoms with Crippen molar-refractivity contribution in [3.05, 3.63) is 90.1 Å². The van der Waals surface area contributed by atoms with Crippen LogP contribution in [0.25, 0.3) is 0 Å². The number of nitrogens with one attached hydrogen (secondary N) is 2. The zero-order chi connectivity index (χ0) is 24.8. The van der Waals surface area contributed by atoms with Gasteiger partial charge in [-0.2, -0.15) is 4.72 Å². The van der Waals surface area contributed by atoms with Gasteiger partial charge in [-0.1, -0.05) is 42.5 Å². The van der Waals surface area contributed by atoms with E-state index in [0.717, 1.165) is 17.7 Å². The third-order valence-corrected chi connectivity index (χ3v) is 7.42. The van der Waals surface area contributed by atoms with Gasteiger partial charge in [0.2, 0.25) is 15.9 Å². The largest absolute Gasteiger partial charge is 0.472 e. The summed E-state index contributed by atoms with van der Waals surface area (Å²) in [4.78, 5) is 26.9. The highest BCUT2D eigenvalue weighted by Crippen LogP contribution is 2.17. The molecule has 1 aromatic heterocycles. The molecule has 4 rings (SSSR count). The van der Waals surface area contributed by atoms with Crippen molar-refractivity contribution in [1.29, 1.82) is 0 Å². The lowest BCUT2D eigenvalue weighted by atomic mass is 10.0. The molecule has 35 heavy (non-hydrogen) atoms. The first-order valence-electron chi connectivity index (χ1n) is 11.3. The number of nitrogens with zero attached hydrogens (tertiary/aromatic N) is 1. The lowest BCUT2D eigenvalue weighted by molar-refractivity contribution is -0.123. The fraction of sp³-hybridized carbons (Fsp3) is 0.280. The van der Waals surface area contributed by atoms with Gasteiger partial charge in [0.05, 0.1) is 11.8 Å². The Labute approximate surface area is 203 Å². The second kappa shape index (κ2) is 10.8. The minimum Gasteiger partial charge on any atom is -0.472 e. The molecule has 1 aliphatic heterocycles. The SMILES string of the molecule is O=C(NC1CCN(C(=O)c2ccoc2)CC1)[C@@H](Cc1ccccc1)NS(=O)(=O)c1ccccc1F. The molecule has 0 unspecified atom stereocenters. The number of piperidine rings is 1. The van der Waals surface area contributed by atoms with Crippen molar-refractivity contribution in [2.45, 2.75) is 36.2 Å². The van der Waals surface area contributed by atoms with Gasteiger partial charge in [0.25, 0.3) is 5.91 Å². The maximum atomic E-state index is 14.2. The summed E-state index contributed by atoms with van der Waals surface area (Å²) in [5, 5.41) is 2.91. The molecule has 8 nitrogen and oxygen atoms in total.